The molecule has 1 saturated heterocycles. The van der Waals surface area contributed by atoms with Crippen molar-refractivity contribution in [1.82, 2.24) is 0 Å². The van der Waals surface area contributed by atoms with Crippen LogP contribution in [0.25, 0.3) is 0 Å². The van der Waals surface area contributed by atoms with Crippen molar-refractivity contribution in [2.45, 2.75) is 51.1 Å². The largest absolute Gasteiger partial charge is 0.493 e. The van der Waals surface area contributed by atoms with Gasteiger partial charge < -0.3 is 23.5 Å². The van der Waals surface area contributed by atoms with E-state index in [4.69, 9.17) is 23.5 Å². The van der Waals surface area contributed by atoms with Gasteiger partial charge in [0.2, 0.25) is 0 Å². The predicted molar refractivity (Wildman–Crippen MR) is 103 cm³/mol. The van der Waals surface area contributed by atoms with Crippen LogP contribution in [0.4, 0.5) is 0 Å². The molecule has 144 valence electrons. The van der Waals surface area contributed by atoms with Crippen LogP contribution >= 0.6 is 15.9 Å². The molecule has 1 aromatic carbocycles. The summed E-state index contributed by atoms with van der Waals surface area (Å²) in [5.41, 5.74) is -0.184. The zero-order valence-corrected chi connectivity index (χ0v) is 17.9. The molecule has 0 aromatic heterocycles. The number of halogens is 1. The van der Waals surface area contributed by atoms with Gasteiger partial charge in [0.15, 0.2) is 11.5 Å². The van der Waals surface area contributed by atoms with Gasteiger partial charge in [-0.1, -0.05) is 15.9 Å². The molecule has 1 unspecified atom stereocenters. The Morgan fingerprint density at radius 3 is 2.04 bits per heavy atom. The van der Waals surface area contributed by atoms with Crippen LogP contribution in [0.2, 0.25) is 0 Å². The normalized spacial score (nSPS) is 19.2. The van der Waals surface area contributed by atoms with Crippen molar-refractivity contribution in [1.29, 1.82) is 0 Å². The summed E-state index contributed by atoms with van der Waals surface area (Å²) in [5.74, 6) is 0.440. The quantitative estimate of drug-likeness (QED) is 0.507. The SMILES string of the molecule is COC(=O)CC(B1OC(C)(C)C(C)(C)O1)c1cc(OC)c(OC)cc1Br. The molecule has 0 amide bonds. The standard InChI is InChI=1S/C18H26BBrO6/c1-17(2)18(3,4)26-19(25-17)12(9-16(21)24-7)11-8-14(22-5)15(23-6)10-13(11)20/h8,10,12H,9H2,1-7H3. The van der Waals surface area contributed by atoms with Gasteiger partial charge >= 0.3 is 13.1 Å². The number of hydrogen-bond donors (Lipinski definition) is 0. The lowest BCUT2D eigenvalue weighted by Crippen LogP contribution is -2.41. The number of methoxy groups -OCH3 is 3. The fourth-order valence-corrected chi connectivity index (χ4v) is 3.44. The molecule has 0 N–H and O–H groups in total. The molecular formula is C18H26BBrO6. The number of esters is 1. The maximum Gasteiger partial charge on any atom is 0.466 e. The average molecular weight is 429 g/mol. The van der Waals surface area contributed by atoms with E-state index < -0.39 is 18.3 Å². The number of rotatable bonds is 6. The van der Waals surface area contributed by atoms with Crippen molar-refractivity contribution in [3.8, 4) is 11.5 Å². The molecule has 26 heavy (non-hydrogen) atoms. The summed E-state index contributed by atoms with van der Waals surface area (Å²) in [4.78, 5) is 12.1. The van der Waals surface area contributed by atoms with Crippen molar-refractivity contribution in [3.05, 3.63) is 22.2 Å². The Kier molecular flexibility index (Phi) is 6.30. The highest BCUT2D eigenvalue weighted by atomic mass is 79.9. The molecule has 0 spiro atoms. The zero-order valence-electron chi connectivity index (χ0n) is 16.3. The van der Waals surface area contributed by atoms with Crippen LogP contribution in [0.1, 0.15) is 45.5 Å². The second-order valence-corrected chi connectivity index (χ2v) is 8.09. The average Bonchev–Trinajstić information content (AvgIpc) is 2.79. The van der Waals surface area contributed by atoms with E-state index in [-0.39, 0.29) is 18.2 Å². The van der Waals surface area contributed by atoms with E-state index in [1.807, 2.05) is 39.8 Å². The number of benzene rings is 1. The van der Waals surface area contributed by atoms with E-state index in [1.54, 1.807) is 14.2 Å². The first kappa shape index (κ1) is 21.1. The number of hydrogen-bond acceptors (Lipinski definition) is 6. The van der Waals surface area contributed by atoms with Crippen LogP contribution < -0.4 is 9.47 Å². The minimum absolute atomic E-state index is 0.113. The zero-order chi connectivity index (χ0) is 19.7. The van der Waals surface area contributed by atoms with E-state index >= 15 is 0 Å². The Bertz CT molecular complexity index is 660. The van der Waals surface area contributed by atoms with Gasteiger partial charge in [0.05, 0.1) is 39.0 Å². The lowest BCUT2D eigenvalue weighted by Gasteiger charge is -2.32. The van der Waals surface area contributed by atoms with Gasteiger partial charge in [0.25, 0.3) is 0 Å². The summed E-state index contributed by atoms with van der Waals surface area (Å²) in [5, 5.41) is 0. The molecule has 0 radical (unpaired) electrons. The molecule has 1 fully saturated rings. The fraction of sp³-hybridized carbons (Fsp3) is 0.611. The molecule has 0 saturated carbocycles. The lowest BCUT2D eigenvalue weighted by molar-refractivity contribution is -0.140. The summed E-state index contributed by atoms with van der Waals surface area (Å²) < 4.78 is 28.8. The summed E-state index contributed by atoms with van der Waals surface area (Å²) in [6.45, 7) is 7.91. The van der Waals surface area contributed by atoms with Gasteiger partial charge in [-0.2, -0.15) is 0 Å². The highest BCUT2D eigenvalue weighted by molar-refractivity contribution is 9.10. The van der Waals surface area contributed by atoms with Crippen LogP contribution in [-0.4, -0.2) is 45.6 Å². The monoisotopic (exact) mass is 428 g/mol. The molecule has 1 aromatic rings. The van der Waals surface area contributed by atoms with E-state index in [9.17, 15) is 4.79 Å². The van der Waals surface area contributed by atoms with Gasteiger partial charge in [-0.15, -0.1) is 0 Å². The van der Waals surface area contributed by atoms with Crippen LogP contribution in [0, 0.1) is 0 Å². The topological polar surface area (TPSA) is 63.2 Å². The molecule has 0 bridgehead atoms. The molecule has 0 aliphatic carbocycles. The Balaban J connectivity index is 2.48. The van der Waals surface area contributed by atoms with E-state index in [1.165, 1.54) is 7.11 Å². The maximum atomic E-state index is 12.1. The van der Waals surface area contributed by atoms with Crippen molar-refractivity contribution >= 4 is 29.0 Å². The maximum absolute atomic E-state index is 12.1. The number of carbonyl (C=O) groups excluding carboxylic acids is 1. The first-order chi connectivity index (χ1) is 12.1. The van der Waals surface area contributed by atoms with Gasteiger partial charge in [0.1, 0.15) is 0 Å². The molecule has 1 aliphatic heterocycles. The summed E-state index contributed by atoms with van der Waals surface area (Å²) in [7, 11) is 3.91. The smallest absolute Gasteiger partial charge is 0.466 e. The fourth-order valence-electron chi connectivity index (χ4n) is 2.82. The highest BCUT2D eigenvalue weighted by Crippen LogP contribution is 2.45. The van der Waals surface area contributed by atoms with Crippen molar-refractivity contribution in [2.75, 3.05) is 21.3 Å². The van der Waals surface area contributed by atoms with Crippen LogP contribution in [-0.2, 0) is 18.8 Å². The Morgan fingerprint density at radius 1 is 1.08 bits per heavy atom. The highest BCUT2D eigenvalue weighted by Gasteiger charge is 2.54. The Morgan fingerprint density at radius 2 is 1.58 bits per heavy atom. The predicted octanol–water partition coefficient (Wildman–Crippen LogP) is 3.74. The third-order valence-electron chi connectivity index (χ3n) is 5.12. The third kappa shape index (κ3) is 4.02. The lowest BCUT2D eigenvalue weighted by atomic mass is 9.66. The van der Waals surface area contributed by atoms with Crippen molar-refractivity contribution in [3.63, 3.8) is 0 Å². The minimum atomic E-state index is -0.603. The molecular weight excluding hydrogens is 403 g/mol. The molecule has 6 nitrogen and oxygen atoms in total. The van der Waals surface area contributed by atoms with Gasteiger partial charge in [-0.25, -0.2) is 0 Å². The van der Waals surface area contributed by atoms with E-state index in [0.717, 1.165) is 10.0 Å². The second-order valence-electron chi connectivity index (χ2n) is 7.24. The van der Waals surface area contributed by atoms with E-state index in [0.29, 0.717) is 11.5 Å². The summed E-state index contributed by atoms with van der Waals surface area (Å²) in [6.07, 6.45) is 0.113. The van der Waals surface area contributed by atoms with Crippen molar-refractivity contribution < 1.29 is 28.3 Å². The Labute approximate surface area is 163 Å². The number of ether oxygens (including phenoxy) is 3. The van der Waals surface area contributed by atoms with E-state index in [2.05, 4.69) is 15.9 Å². The first-order valence-corrected chi connectivity index (χ1v) is 9.19. The summed E-state index contributed by atoms with van der Waals surface area (Å²) in [6, 6.07) is 3.64. The molecule has 1 aliphatic rings. The molecule has 1 heterocycles. The summed E-state index contributed by atoms with van der Waals surface area (Å²) >= 11 is 3.57. The molecule has 1 atom stereocenters. The van der Waals surface area contributed by atoms with Crippen LogP contribution in [0.15, 0.2) is 16.6 Å². The Hall–Kier alpha value is -1.25. The van der Waals surface area contributed by atoms with Gasteiger partial charge in [-0.05, 0) is 45.4 Å². The third-order valence-corrected chi connectivity index (χ3v) is 5.80. The number of carbonyl (C=O) groups is 1. The molecule has 2 rings (SSSR count). The van der Waals surface area contributed by atoms with Crippen LogP contribution in [0.3, 0.4) is 0 Å². The molecule has 8 heteroatoms. The van der Waals surface area contributed by atoms with Crippen LogP contribution in [0.5, 0.6) is 11.5 Å². The van der Waals surface area contributed by atoms with Crippen molar-refractivity contribution in [2.24, 2.45) is 0 Å². The van der Waals surface area contributed by atoms with Gasteiger partial charge in [-0.3, -0.25) is 4.79 Å². The first-order valence-electron chi connectivity index (χ1n) is 8.40. The van der Waals surface area contributed by atoms with Gasteiger partial charge in [0, 0.05) is 10.3 Å². The minimum Gasteiger partial charge on any atom is -0.493 e. The second kappa shape index (κ2) is 7.78.